The summed E-state index contributed by atoms with van der Waals surface area (Å²) in [6.45, 7) is 10.1. The van der Waals surface area contributed by atoms with Crippen LogP contribution in [-0.2, 0) is 16.0 Å². The van der Waals surface area contributed by atoms with Crippen LogP contribution in [0.15, 0.2) is 18.2 Å². The number of aryl methyl sites for hydroxylation is 3. The first-order chi connectivity index (χ1) is 10.3. The van der Waals surface area contributed by atoms with Crippen LogP contribution in [0, 0.1) is 19.8 Å². The highest BCUT2D eigenvalue weighted by atomic mass is 16.2. The first kappa shape index (κ1) is 18.2. The Morgan fingerprint density at radius 2 is 1.86 bits per heavy atom. The second kappa shape index (κ2) is 8.57. The van der Waals surface area contributed by atoms with Gasteiger partial charge in [0.05, 0.1) is 0 Å². The number of carbonyl (C=O) groups excluding carboxylic acids is 2. The van der Waals surface area contributed by atoms with Crippen LogP contribution in [0.3, 0.4) is 0 Å². The zero-order valence-corrected chi connectivity index (χ0v) is 14.3. The Morgan fingerprint density at radius 1 is 1.18 bits per heavy atom. The minimum Gasteiger partial charge on any atom is -0.354 e. The third kappa shape index (κ3) is 5.88. The van der Waals surface area contributed by atoms with Gasteiger partial charge in [0.1, 0.15) is 6.04 Å². The normalized spacial score (nSPS) is 12.1. The fourth-order valence-electron chi connectivity index (χ4n) is 2.48. The van der Waals surface area contributed by atoms with E-state index in [0.717, 1.165) is 12.8 Å². The number of hydrogen-bond acceptors (Lipinski definition) is 2. The van der Waals surface area contributed by atoms with Crippen LogP contribution < -0.4 is 10.6 Å². The average molecular weight is 304 g/mol. The van der Waals surface area contributed by atoms with Crippen molar-refractivity contribution < 1.29 is 9.59 Å². The fraction of sp³-hybridized carbons (Fsp3) is 0.556. The lowest BCUT2D eigenvalue weighted by molar-refractivity contribution is -0.129. The quantitative estimate of drug-likeness (QED) is 0.761. The average Bonchev–Trinajstić information content (AvgIpc) is 2.42. The molecule has 0 bridgehead atoms. The van der Waals surface area contributed by atoms with Crippen LogP contribution in [0.25, 0.3) is 0 Å². The van der Waals surface area contributed by atoms with E-state index < -0.39 is 6.04 Å². The van der Waals surface area contributed by atoms with Crippen molar-refractivity contribution in [3.05, 3.63) is 34.9 Å². The van der Waals surface area contributed by atoms with E-state index in [1.54, 1.807) is 0 Å². The van der Waals surface area contributed by atoms with E-state index >= 15 is 0 Å². The first-order valence-electron chi connectivity index (χ1n) is 7.92. The minimum absolute atomic E-state index is 0.0724. The van der Waals surface area contributed by atoms with Crippen LogP contribution in [0.2, 0.25) is 0 Å². The summed E-state index contributed by atoms with van der Waals surface area (Å²) >= 11 is 0. The highest BCUT2D eigenvalue weighted by Crippen LogP contribution is 2.12. The molecule has 1 atom stereocenters. The lowest BCUT2D eigenvalue weighted by atomic mass is 10.0. The number of nitrogens with one attached hydrogen (secondary N) is 2. The number of amides is 2. The zero-order valence-electron chi connectivity index (χ0n) is 14.3. The molecule has 2 amide bonds. The largest absolute Gasteiger partial charge is 0.354 e. The molecule has 0 aliphatic heterocycles. The molecule has 0 aliphatic carbocycles. The van der Waals surface area contributed by atoms with Crippen molar-refractivity contribution in [2.45, 2.75) is 53.5 Å². The van der Waals surface area contributed by atoms with E-state index in [-0.39, 0.29) is 17.7 Å². The molecule has 0 saturated heterocycles. The lowest BCUT2D eigenvalue weighted by Crippen LogP contribution is -2.49. The van der Waals surface area contributed by atoms with Crippen LogP contribution >= 0.6 is 0 Å². The van der Waals surface area contributed by atoms with Gasteiger partial charge in [-0.25, -0.2) is 0 Å². The van der Waals surface area contributed by atoms with Gasteiger partial charge in [-0.15, -0.1) is 0 Å². The van der Waals surface area contributed by atoms with Crippen molar-refractivity contribution >= 4 is 11.8 Å². The van der Waals surface area contributed by atoms with E-state index in [9.17, 15) is 9.59 Å². The number of rotatable bonds is 7. The maximum absolute atomic E-state index is 12.1. The van der Waals surface area contributed by atoms with Gasteiger partial charge in [0.25, 0.3) is 0 Å². The molecule has 2 N–H and O–H groups in total. The topological polar surface area (TPSA) is 58.2 Å². The number of benzene rings is 1. The van der Waals surface area contributed by atoms with Gasteiger partial charge >= 0.3 is 0 Å². The molecular weight excluding hydrogens is 276 g/mol. The van der Waals surface area contributed by atoms with Crippen LogP contribution in [0.5, 0.6) is 0 Å². The van der Waals surface area contributed by atoms with Gasteiger partial charge in [-0.3, -0.25) is 9.59 Å². The van der Waals surface area contributed by atoms with Gasteiger partial charge in [0.2, 0.25) is 11.8 Å². The summed E-state index contributed by atoms with van der Waals surface area (Å²) < 4.78 is 0. The lowest BCUT2D eigenvalue weighted by Gasteiger charge is -2.20. The van der Waals surface area contributed by atoms with Crippen molar-refractivity contribution in [3.63, 3.8) is 0 Å². The molecule has 0 saturated carbocycles. The third-order valence-corrected chi connectivity index (χ3v) is 3.73. The molecule has 0 aliphatic rings. The van der Waals surface area contributed by atoms with Gasteiger partial charge in [-0.05, 0) is 43.7 Å². The summed E-state index contributed by atoms with van der Waals surface area (Å²) in [6, 6.07) is 5.99. The van der Waals surface area contributed by atoms with Crippen LogP contribution in [-0.4, -0.2) is 24.4 Å². The monoisotopic (exact) mass is 304 g/mol. The Kier molecular flexibility index (Phi) is 7.09. The van der Waals surface area contributed by atoms with E-state index in [1.807, 2.05) is 13.8 Å². The second-order valence-corrected chi connectivity index (χ2v) is 6.25. The summed E-state index contributed by atoms with van der Waals surface area (Å²) in [6.07, 6.45) is 1.83. The third-order valence-electron chi connectivity index (χ3n) is 3.73. The molecule has 122 valence electrons. The van der Waals surface area contributed by atoms with Crippen LogP contribution in [0.4, 0.5) is 0 Å². The summed E-state index contributed by atoms with van der Waals surface area (Å²) in [4.78, 5) is 23.3. The smallest absolute Gasteiger partial charge is 0.242 e. The van der Waals surface area contributed by atoms with E-state index in [1.165, 1.54) is 23.6 Å². The maximum Gasteiger partial charge on any atom is 0.242 e. The van der Waals surface area contributed by atoms with Gasteiger partial charge < -0.3 is 10.6 Å². The second-order valence-electron chi connectivity index (χ2n) is 6.25. The molecule has 1 aromatic carbocycles. The van der Waals surface area contributed by atoms with Crippen molar-refractivity contribution in [3.8, 4) is 0 Å². The molecule has 1 rings (SSSR count). The Hall–Kier alpha value is -1.84. The fourth-order valence-corrected chi connectivity index (χ4v) is 2.48. The Bertz CT molecular complexity index is 524. The summed E-state index contributed by atoms with van der Waals surface area (Å²) in [5.41, 5.74) is 3.89. The Balaban J connectivity index is 2.42. The Labute approximate surface area is 133 Å². The summed E-state index contributed by atoms with van der Waals surface area (Å²) in [5.74, 6) is -0.210. The van der Waals surface area contributed by atoms with E-state index in [4.69, 9.17) is 0 Å². The molecule has 0 heterocycles. The van der Waals surface area contributed by atoms with Crippen molar-refractivity contribution in [1.82, 2.24) is 10.6 Å². The molecule has 0 radical (unpaired) electrons. The highest BCUT2D eigenvalue weighted by Gasteiger charge is 2.22. The minimum atomic E-state index is -0.460. The summed E-state index contributed by atoms with van der Waals surface area (Å²) in [7, 11) is 0. The first-order valence-corrected chi connectivity index (χ1v) is 7.92. The molecule has 0 aromatic heterocycles. The SMILES string of the molecule is CC(=O)NC(C(=O)NCCCc1ccc(C)cc1C)C(C)C. The highest BCUT2D eigenvalue weighted by molar-refractivity contribution is 5.86. The van der Waals surface area contributed by atoms with Crippen molar-refractivity contribution in [1.29, 1.82) is 0 Å². The standard InChI is InChI=1S/C18H28N2O2/c1-12(2)17(20-15(5)21)18(22)19-10-6-7-16-9-8-13(3)11-14(16)4/h8-9,11-12,17H,6-7,10H2,1-5H3,(H,19,22)(H,20,21). The van der Waals surface area contributed by atoms with Crippen molar-refractivity contribution in [2.24, 2.45) is 5.92 Å². The predicted octanol–water partition coefficient (Wildman–Crippen LogP) is 2.51. The van der Waals surface area contributed by atoms with Crippen LogP contribution in [0.1, 0.15) is 43.9 Å². The molecule has 4 nitrogen and oxygen atoms in total. The van der Waals surface area contributed by atoms with Crippen molar-refractivity contribution in [2.75, 3.05) is 6.54 Å². The Morgan fingerprint density at radius 3 is 2.41 bits per heavy atom. The van der Waals surface area contributed by atoms with Gasteiger partial charge in [0, 0.05) is 13.5 Å². The number of hydrogen-bond donors (Lipinski definition) is 2. The number of carbonyl (C=O) groups is 2. The van der Waals surface area contributed by atoms with Gasteiger partial charge in [0.15, 0.2) is 0 Å². The van der Waals surface area contributed by atoms with E-state index in [2.05, 4.69) is 42.7 Å². The maximum atomic E-state index is 12.1. The van der Waals surface area contributed by atoms with E-state index in [0.29, 0.717) is 6.54 Å². The molecule has 1 unspecified atom stereocenters. The zero-order chi connectivity index (χ0) is 16.7. The molecule has 4 heteroatoms. The molecular formula is C18H28N2O2. The molecule has 0 fully saturated rings. The van der Waals surface area contributed by atoms with Gasteiger partial charge in [-0.1, -0.05) is 37.6 Å². The predicted molar refractivity (Wildman–Crippen MR) is 89.7 cm³/mol. The molecule has 22 heavy (non-hydrogen) atoms. The summed E-state index contributed by atoms with van der Waals surface area (Å²) in [5, 5.41) is 5.62. The molecule has 0 spiro atoms. The van der Waals surface area contributed by atoms with Gasteiger partial charge in [-0.2, -0.15) is 0 Å². The molecule has 1 aromatic rings.